The van der Waals surface area contributed by atoms with Crippen molar-refractivity contribution in [1.29, 1.82) is 0 Å². The van der Waals surface area contributed by atoms with E-state index in [0.29, 0.717) is 6.54 Å². The molecule has 1 rings (SSSR count). The Balaban J connectivity index is 2.56. The van der Waals surface area contributed by atoms with Crippen LogP contribution in [0.15, 0.2) is 12.3 Å². The van der Waals surface area contributed by atoms with Gasteiger partial charge < -0.3 is 10.2 Å². The number of hydrogen-bond donors (Lipinski definition) is 2. The molecule has 0 aliphatic heterocycles. The van der Waals surface area contributed by atoms with Crippen LogP contribution in [-0.4, -0.2) is 32.7 Å². The molecule has 0 bridgehead atoms. The Kier molecular flexibility index (Phi) is 2.62. The van der Waals surface area contributed by atoms with Crippen molar-refractivity contribution >= 4 is 0 Å². The van der Waals surface area contributed by atoms with E-state index in [9.17, 15) is 0 Å². The normalized spacial score (nSPS) is 13.4. The zero-order valence-electron chi connectivity index (χ0n) is 6.44. The van der Waals surface area contributed by atoms with Crippen LogP contribution in [0.3, 0.4) is 0 Å². The molecular weight excluding hydrogens is 144 g/mol. The Morgan fingerprint density at radius 2 is 2.45 bits per heavy atom. The number of hydrogen-bond acceptors (Lipinski definition) is 3. The summed E-state index contributed by atoms with van der Waals surface area (Å²) in [6.45, 7) is 2.03. The summed E-state index contributed by atoms with van der Waals surface area (Å²) < 4.78 is 1.65. The molecule has 0 saturated carbocycles. The molecule has 11 heavy (non-hydrogen) atoms. The van der Waals surface area contributed by atoms with E-state index in [1.807, 2.05) is 13.0 Å². The van der Waals surface area contributed by atoms with Gasteiger partial charge in [0.25, 0.3) is 0 Å². The summed E-state index contributed by atoms with van der Waals surface area (Å²) in [6, 6.07) is 1.85. The van der Waals surface area contributed by atoms with Crippen LogP contribution in [0.5, 0.6) is 0 Å². The zero-order chi connectivity index (χ0) is 8.27. The molecule has 0 amide bonds. The Morgan fingerprint density at radius 3 is 2.91 bits per heavy atom. The van der Waals surface area contributed by atoms with E-state index in [0.717, 1.165) is 5.69 Å². The molecule has 4 nitrogen and oxygen atoms in total. The van der Waals surface area contributed by atoms with Gasteiger partial charge in [0.2, 0.25) is 0 Å². The van der Waals surface area contributed by atoms with Gasteiger partial charge in [0.15, 0.2) is 0 Å². The molecular formula is C7H12N2O2. The third-order valence-corrected chi connectivity index (χ3v) is 1.52. The molecule has 0 fully saturated rings. The first-order valence-electron chi connectivity index (χ1n) is 3.51. The maximum Gasteiger partial charge on any atom is 0.0966 e. The molecule has 0 aliphatic rings. The van der Waals surface area contributed by atoms with Gasteiger partial charge in [0, 0.05) is 11.9 Å². The molecule has 1 heterocycles. The van der Waals surface area contributed by atoms with Crippen molar-refractivity contribution in [2.45, 2.75) is 19.6 Å². The standard InChI is InChI=1S/C7H12N2O2/c1-6-2-3-8-9(6)4-7(11)5-10/h2-3,7,10-11H,4-5H2,1H3/t7-/m1/s1. The zero-order valence-corrected chi connectivity index (χ0v) is 6.44. The van der Waals surface area contributed by atoms with Crippen LogP contribution >= 0.6 is 0 Å². The summed E-state index contributed by atoms with van der Waals surface area (Å²) >= 11 is 0. The van der Waals surface area contributed by atoms with Crippen molar-refractivity contribution in [1.82, 2.24) is 9.78 Å². The SMILES string of the molecule is Cc1ccnn1C[C@@H](O)CO. The van der Waals surface area contributed by atoms with Crippen molar-refractivity contribution in [2.24, 2.45) is 0 Å². The molecule has 2 N–H and O–H groups in total. The minimum atomic E-state index is -0.714. The van der Waals surface area contributed by atoms with Gasteiger partial charge in [0.05, 0.1) is 19.3 Å². The van der Waals surface area contributed by atoms with E-state index in [1.165, 1.54) is 0 Å². The van der Waals surface area contributed by atoms with Gasteiger partial charge >= 0.3 is 0 Å². The highest BCUT2D eigenvalue weighted by molar-refractivity contribution is 4.96. The summed E-state index contributed by atoms with van der Waals surface area (Å²) in [5, 5.41) is 21.5. The van der Waals surface area contributed by atoms with E-state index < -0.39 is 6.10 Å². The fraction of sp³-hybridized carbons (Fsp3) is 0.571. The monoisotopic (exact) mass is 156 g/mol. The maximum atomic E-state index is 9.04. The minimum absolute atomic E-state index is 0.223. The molecule has 0 spiro atoms. The quantitative estimate of drug-likeness (QED) is 0.623. The fourth-order valence-electron chi connectivity index (χ4n) is 0.847. The second-order valence-electron chi connectivity index (χ2n) is 2.49. The first-order valence-corrected chi connectivity index (χ1v) is 3.51. The molecule has 62 valence electrons. The third-order valence-electron chi connectivity index (χ3n) is 1.52. The smallest absolute Gasteiger partial charge is 0.0966 e. The average molecular weight is 156 g/mol. The summed E-state index contributed by atoms with van der Waals surface area (Å²) in [4.78, 5) is 0. The maximum absolute atomic E-state index is 9.04. The van der Waals surface area contributed by atoms with E-state index in [-0.39, 0.29) is 6.61 Å². The van der Waals surface area contributed by atoms with Gasteiger partial charge in [-0.1, -0.05) is 0 Å². The number of aliphatic hydroxyl groups excluding tert-OH is 2. The van der Waals surface area contributed by atoms with Gasteiger partial charge in [-0.3, -0.25) is 4.68 Å². The van der Waals surface area contributed by atoms with E-state index in [4.69, 9.17) is 10.2 Å². The molecule has 0 radical (unpaired) electrons. The summed E-state index contributed by atoms with van der Waals surface area (Å²) in [6.07, 6.45) is 0.952. The number of rotatable bonds is 3. The predicted octanol–water partition coefficient (Wildman–Crippen LogP) is -0.455. The molecule has 1 aromatic heterocycles. The fourth-order valence-corrected chi connectivity index (χ4v) is 0.847. The summed E-state index contributed by atoms with van der Waals surface area (Å²) in [5.41, 5.74) is 0.984. The number of aliphatic hydroxyl groups is 2. The summed E-state index contributed by atoms with van der Waals surface area (Å²) in [5.74, 6) is 0. The van der Waals surface area contributed by atoms with Crippen LogP contribution in [0.4, 0.5) is 0 Å². The second kappa shape index (κ2) is 3.50. The van der Waals surface area contributed by atoms with E-state index in [2.05, 4.69) is 5.10 Å². The van der Waals surface area contributed by atoms with Crippen LogP contribution < -0.4 is 0 Å². The number of aryl methyl sites for hydroxylation is 1. The first-order chi connectivity index (χ1) is 5.24. The number of aromatic nitrogens is 2. The topological polar surface area (TPSA) is 58.3 Å². The van der Waals surface area contributed by atoms with Crippen LogP contribution in [0.25, 0.3) is 0 Å². The Labute approximate surface area is 65.1 Å². The van der Waals surface area contributed by atoms with Crippen molar-refractivity contribution in [3.8, 4) is 0 Å². The van der Waals surface area contributed by atoms with Gasteiger partial charge in [-0.25, -0.2) is 0 Å². The highest BCUT2D eigenvalue weighted by Gasteiger charge is 2.04. The minimum Gasteiger partial charge on any atom is -0.394 e. The Hall–Kier alpha value is -0.870. The lowest BCUT2D eigenvalue weighted by molar-refractivity contribution is 0.0777. The lowest BCUT2D eigenvalue weighted by Gasteiger charge is -2.08. The second-order valence-corrected chi connectivity index (χ2v) is 2.49. The van der Waals surface area contributed by atoms with Crippen molar-refractivity contribution in [2.75, 3.05) is 6.61 Å². The molecule has 0 aliphatic carbocycles. The van der Waals surface area contributed by atoms with Crippen LogP contribution in [0.1, 0.15) is 5.69 Å². The molecule has 0 aromatic carbocycles. The molecule has 4 heteroatoms. The van der Waals surface area contributed by atoms with Crippen molar-refractivity contribution < 1.29 is 10.2 Å². The molecule has 1 atom stereocenters. The molecule has 0 unspecified atom stereocenters. The van der Waals surface area contributed by atoms with Gasteiger partial charge in [0.1, 0.15) is 0 Å². The molecule has 1 aromatic rings. The van der Waals surface area contributed by atoms with Crippen molar-refractivity contribution in [3.63, 3.8) is 0 Å². The first kappa shape index (κ1) is 8.23. The highest BCUT2D eigenvalue weighted by Crippen LogP contribution is 1.97. The lowest BCUT2D eigenvalue weighted by atomic mass is 10.4. The van der Waals surface area contributed by atoms with E-state index >= 15 is 0 Å². The molecule has 0 saturated heterocycles. The van der Waals surface area contributed by atoms with Gasteiger partial charge in [-0.15, -0.1) is 0 Å². The predicted molar refractivity (Wildman–Crippen MR) is 40.1 cm³/mol. The van der Waals surface area contributed by atoms with Gasteiger partial charge in [-0.05, 0) is 13.0 Å². The Bertz CT molecular complexity index is 222. The van der Waals surface area contributed by atoms with Crippen LogP contribution in [0, 0.1) is 6.92 Å². The van der Waals surface area contributed by atoms with Crippen molar-refractivity contribution in [3.05, 3.63) is 18.0 Å². The van der Waals surface area contributed by atoms with Crippen LogP contribution in [0.2, 0.25) is 0 Å². The highest BCUT2D eigenvalue weighted by atomic mass is 16.3. The average Bonchev–Trinajstić information content (AvgIpc) is 2.37. The lowest BCUT2D eigenvalue weighted by Crippen LogP contribution is -2.21. The largest absolute Gasteiger partial charge is 0.394 e. The summed E-state index contributed by atoms with van der Waals surface area (Å²) in [7, 11) is 0. The van der Waals surface area contributed by atoms with Gasteiger partial charge in [-0.2, -0.15) is 5.10 Å². The number of nitrogens with zero attached hydrogens (tertiary/aromatic N) is 2. The van der Waals surface area contributed by atoms with E-state index in [1.54, 1.807) is 10.9 Å². The Morgan fingerprint density at radius 1 is 1.73 bits per heavy atom. The van der Waals surface area contributed by atoms with Crippen LogP contribution in [-0.2, 0) is 6.54 Å². The third kappa shape index (κ3) is 2.03.